The minimum atomic E-state index is -0.601. The van der Waals surface area contributed by atoms with Crippen LogP contribution in [0.4, 0.5) is 0 Å². The van der Waals surface area contributed by atoms with Gasteiger partial charge in [-0.3, -0.25) is 4.79 Å². The maximum atomic E-state index is 12.8. The Bertz CT molecular complexity index is 1700. The molecule has 0 bridgehead atoms. The van der Waals surface area contributed by atoms with Crippen molar-refractivity contribution in [3.8, 4) is 34.1 Å². The summed E-state index contributed by atoms with van der Waals surface area (Å²) in [4.78, 5) is 47.9. The van der Waals surface area contributed by atoms with Gasteiger partial charge in [0, 0.05) is 6.08 Å². The molecule has 0 aliphatic rings. The molecule has 45 heavy (non-hydrogen) atoms. The van der Waals surface area contributed by atoms with Gasteiger partial charge in [0.25, 0.3) is 0 Å². The molecule has 0 amide bonds. The molecule has 0 spiro atoms. The molecule has 9 nitrogen and oxygen atoms in total. The van der Waals surface area contributed by atoms with Crippen molar-refractivity contribution < 1.29 is 42.9 Å². The lowest BCUT2D eigenvalue weighted by Gasteiger charge is -2.14. The van der Waals surface area contributed by atoms with Crippen LogP contribution in [0.5, 0.6) is 23.0 Å². The molecule has 0 unspecified atom stereocenters. The number of carbonyl (C=O) groups excluding carboxylic acids is 4. The van der Waals surface area contributed by atoms with Gasteiger partial charge in [-0.25, -0.2) is 14.4 Å². The van der Waals surface area contributed by atoms with Crippen molar-refractivity contribution in [2.45, 2.75) is 13.8 Å². The molecular formula is C36H30O9. The zero-order valence-electron chi connectivity index (χ0n) is 24.7. The van der Waals surface area contributed by atoms with Crippen LogP contribution in [0.15, 0.2) is 110 Å². The van der Waals surface area contributed by atoms with E-state index in [0.29, 0.717) is 34.1 Å². The number of carbonyl (C=O) groups is 4. The fraction of sp³-hybridized carbons (Fsp3) is 0.111. The summed E-state index contributed by atoms with van der Waals surface area (Å²) < 4.78 is 26.6. The van der Waals surface area contributed by atoms with Gasteiger partial charge < -0.3 is 23.7 Å². The molecule has 0 atom stereocenters. The number of ether oxygens (including phenoxy) is 5. The van der Waals surface area contributed by atoms with Crippen molar-refractivity contribution in [3.63, 3.8) is 0 Å². The number of ketones is 1. The third kappa shape index (κ3) is 8.77. The molecule has 0 aliphatic carbocycles. The zero-order valence-corrected chi connectivity index (χ0v) is 24.7. The molecule has 4 aromatic rings. The van der Waals surface area contributed by atoms with Crippen LogP contribution in [0.2, 0.25) is 0 Å². The van der Waals surface area contributed by atoms with Gasteiger partial charge >= 0.3 is 17.9 Å². The summed E-state index contributed by atoms with van der Waals surface area (Å²) in [6, 6.07) is 23.4. The second-order valence-corrected chi connectivity index (χ2v) is 9.68. The number of rotatable bonds is 13. The summed E-state index contributed by atoms with van der Waals surface area (Å²) in [6.07, 6.45) is 2.22. The first-order chi connectivity index (χ1) is 21.7. The third-order valence-corrected chi connectivity index (χ3v) is 6.44. The van der Waals surface area contributed by atoms with Gasteiger partial charge in [-0.1, -0.05) is 25.3 Å². The van der Waals surface area contributed by atoms with Crippen LogP contribution in [0.25, 0.3) is 11.1 Å². The van der Waals surface area contributed by atoms with E-state index in [9.17, 15) is 19.2 Å². The van der Waals surface area contributed by atoms with Crippen molar-refractivity contribution in [2.24, 2.45) is 0 Å². The van der Waals surface area contributed by atoms with Crippen molar-refractivity contribution >= 4 is 23.7 Å². The Balaban J connectivity index is 1.35. The molecule has 0 fully saturated rings. The van der Waals surface area contributed by atoms with E-state index in [-0.39, 0.29) is 19.2 Å². The summed E-state index contributed by atoms with van der Waals surface area (Å²) in [6.45, 7) is 10.0. The zero-order chi connectivity index (χ0) is 32.3. The first kappa shape index (κ1) is 32.0. The summed E-state index contributed by atoms with van der Waals surface area (Å²) >= 11 is 0. The van der Waals surface area contributed by atoms with Gasteiger partial charge in [0.05, 0.1) is 11.1 Å². The summed E-state index contributed by atoms with van der Waals surface area (Å²) in [5.41, 5.74) is 3.96. The maximum absolute atomic E-state index is 12.8. The number of hydrogen-bond donors (Lipinski definition) is 0. The highest BCUT2D eigenvalue weighted by Crippen LogP contribution is 2.32. The van der Waals surface area contributed by atoms with E-state index in [1.807, 2.05) is 38.1 Å². The summed E-state index contributed by atoms with van der Waals surface area (Å²) in [7, 11) is 0. The van der Waals surface area contributed by atoms with Gasteiger partial charge in [-0.2, -0.15) is 0 Å². The van der Waals surface area contributed by atoms with Crippen LogP contribution in [-0.2, 0) is 14.3 Å². The molecule has 228 valence electrons. The first-order valence-corrected chi connectivity index (χ1v) is 13.7. The van der Waals surface area contributed by atoms with Crippen LogP contribution in [-0.4, -0.2) is 37.1 Å². The Morgan fingerprint density at radius 2 is 1.13 bits per heavy atom. The van der Waals surface area contributed by atoms with Gasteiger partial charge in [0.15, 0.2) is 12.4 Å². The highest BCUT2D eigenvalue weighted by Gasteiger charge is 2.15. The average Bonchev–Trinajstić information content (AvgIpc) is 3.05. The summed E-state index contributed by atoms with van der Waals surface area (Å²) in [5, 5.41) is 0. The highest BCUT2D eigenvalue weighted by atomic mass is 16.7. The molecular weight excluding hydrogens is 576 g/mol. The quantitative estimate of drug-likeness (QED) is 0.0718. The van der Waals surface area contributed by atoms with Crippen LogP contribution >= 0.6 is 0 Å². The van der Waals surface area contributed by atoms with Crippen LogP contribution in [0.1, 0.15) is 31.8 Å². The Kier molecular flexibility index (Phi) is 10.6. The SMILES string of the molecule is C=CC(=O)COc1ccc(C(=O)Oc2c(C)cc(-c3ccc(OC(=O)c4ccc(OCOC(=O)C=C)cc4)cc3)cc2C)cc1. The van der Waals surface area contributed by atoms with Gasteiger partial charge in [-0.05, 0) is 115 Å². The molecule has 0 aliphatic heterocycles. The molecule has 0 aromatic heterocycles. The highest BCUT2D eigenvalue weighted by molar-refractivity contribution is 5.92. The lowest BCUT2D eigenvalue weighted by molar-refractivity contribution is -0.144. The monoisotopic (exact) mass is 606 g/mol. The maximum Gasteiger partial charge on any atom is 0.343 e. The second-order valence-electron chi connectivity index (χ2n) is 9.68. The van der Waals surface area contributed by atoms with Gasteiger partial charge in [0.1, 0.15) is 23.0 Å². The largest absolute Gasteiger partial charge is 0.485 e. The fourth-order valence-electron chi connectivity index (χ4n) is 4.11. The molecule has 0 saturated heterocycles. The second kappa shape index (κ2) is 15.0. The Morgan fingerprint density at radius 1 is 0.622 bits per heavy atom. The predicted octanol–water partition coefficient (Wildman–Crippen LogP) is 6.61. The number of benzene rings is 4. The Morgan fingerprint density at radius 3 is 1.67 bits per heavy atom. The summed E-state index contributed by atoms with van der Waals surface area (Å²) in [5.74, 6) is -0.228. The smallest absolute Gasteiger partial charge is 0.343 e. The minimum Gasteiger partial charge on any atom is -0.485 e. The third-order valence-electron chi connectivity index (χ3n) is 6.44. The van der Waals surface area contributed by atoms with E-state index in [2.05, 4.69) is 13.2 Å². The van der Waals surface area contributed by atoms with E-state index in [0.717, 1.165) is 28.3 Å². The standard InChI is InChI=1S/C36H30O9/c1-5-29(37)21-41-30-13-9-27(10-14-30)36(40)45-34-23(3)19-28(20-24(34)4)25-7-17-32(18-8-25)44-35(39)26-11-15-31(16-12-26)42-22-43-33(38)6-2/h5-20H,1-2,21-22H2,3-4H3. The van der Waals surface area contributed by atoms with Crippen LogP contribution in [0.3, 0.4) is 0 Å². The van der Waals surface area contributed by atoms with Crippen molar-refractivity contribution in [1.82, 2.24) is 0 Å². The van der Waals surface area contributed by atoms with E-state index >= 15 is 0 Å². The number of esters is 3. The van der Waals surface area contributed by atoms with Gasteiger partial charge in [-0.15, -0.1) is 0 Å². The topological polar surface area (TPSA) is 114 Å². The molecule has 4 rings (SSSR count). The molecule has 0 heterocycles. The van der Waals surface area contributed by atoms with E-state index in [1.54, 1.807) is 60.7 Å². The molecule has 0 N–H and O–H groups in total. The van der Waals surface area contributed by atoms with E-state index < -0.39 is 17.9 Å². The minimum absolute atomic E-state index is 0.128. The first-order valence-electron chi connectivity index (χ1n) is 13.7. The lowest BCUT2D eigenvalue weighted by atomic mass is 9.99. The average molecular weight is 607 g/mol. The van der Waals surface area contributed by atoms with Crippen molar-refractivity contribution in [1.29, 1.82) is 0 Å². The van der Waals surface area contributed by atoms with E-state index in [1.165, 1.54) is 6.08 Å². The number of hydrogen-bond acceptors (Lipinski definition) is 9. The lowest BCUT2D eigenvalue weighted by Crippen LogP contribution is -2.11. The fourth-order valence-corrected chi connectivity index (χ4v) is 4.11. The van der Waals surface area contributed by atoms with Gasteiger partial charge in [0.2, 0.25) is 6.79 Å². The van der Waals surface area contributed by atoms with E-state index in [4.69, 9.17) is 23.7 Å². The van der Waals surface area contributed by atoms with Crippen molar-refractivity contribution in [2.75, 3.05) is 13.4 Å². The number of aryl methyl sites for hydroxylation is 2. The Labute approximate surface area is 260 Å². The Hall–Kier alpha value is -5.96. The molecule has 9 heteroatoms. The molecule has 4 aromatic carbocycles. The van der Waals surface area contributed by atoms with Crippen molar-refractivity contribution in [3.05, 3.63) is 132 Å². The molecule has 0 saturated carbocycles. The predicted molar refractivity (Wildman–Crippen MR) is 167 cm³/mol. The molecule has 0 radical (unpaired) electrons. The normalized spacial score (nSPS) is 10.3. The van der Waals surface area contributed by atoms with Crippen LogP contribution in [0, 0.1) is 13.8 Å². The van der Waals surface area contributed by atoms with Crippen LogP contribution < -0.4 is 18.9 Å².